The standard InChI is InChI=1S/C11H15N.C7H8O3S/c1-8-3-4-10(5-9(8)2)11-6-12-7-11;1-6-2-4-7(5-3-6)11(8,9)10/h3-5,11-12H,6-7H2,1-2H3;2-5H,1H3,(H,8,9,10). The highest BCUT2D eigenvalue weighted by Crippen LogP contribution is 2.21. The normalized spacial score (nSPS) is 14.6. The molecule has 1 aliphatic rings. The second-order valence-corrected chi connectivity index (χ2v) is 7.41. The summed E-state index contributed by atoms with van der Waals surface area (Å²) in [4.78, 5) is -0.0666. The highest BCUT2D eigenvalue weighted by Gasteiger charge is 2.18. The van der Waals surface area contributed by atoms with Crippen LogP contribution in [-0.2, 0) is 10.1 Å². The Morgan fingerprint density at radius 1 is 0.957 bits per heavy atom. The van der Waals surface area contributed by atoms with Crippen molar-refractivity contribution in [2.75, 3.05) is 13.1 Å². The van der Waals surface area contributed by atoms with Gasteiger partial charge < -0.3 is 5.32 Å². The summed E-state index contributed by atoms with van der Waals surface area (Å²) in [5.74, 6) is 0.768. The van der Waals surface area contributed by atoms with Crippen molar-refractivity contribution in [1.82, 2.24) is 5.32 Å². The Bertz CT molecular complexity index is 763. The zero-order chi connectivity index (χ0) is 17.0. The van der Waals surface area contributed by atoms with E-state index in [1.165, 1.54) is 28.8 Å². The van der Waals surface area contributed by atoms with Crippen LogP contribution in [0.3, 0.4) is 0 Å². The van der Waals surface area contributed by atoms with Crippen LogP contribution in [-0.4, -0.2) is 26.1 Å². The smallest absolute Gasteiger partial charge is 0.294 e. The summed E-state index contributed by atoms with van der Waals surface area (Å²) in [6.45, 7) is 8.50. The predicted molar refractivity (Wildman–Crippen MR) is 92.5 cm³/mol. The number of aryl methyl sites for hydroxylation is 3. The molecule has 0 aliphatic carbocycles. The number of hydrogen-bond donors (Lipinski definition) is 2. The summed E-state index contributed by atoms with van der Waals surface area (Å²) in [6.07, 6.45) is 0. The van der Waals surface area contributed by atoms with Crippen molar-refractivity contribution in [3.8, 4) is 0 Å². The first kappa shape index (κ1) is 17.7. The molecule has 1 aliphatic heterocycles. The van der Waals surface area contributed by atoms with Gasteiger partial charge in [0.15, 0.2) is 0 Å². The molecule has 1 saturated heterocycles. The van der Waals surface area contributed by atoms with Gasteiger partial charge in [-0.3, -0.25) is 4.55 Å². The van der Waals surface area contributed by atoms with E-state index in [0.29, 0.717) is 0 Å². The molecule has 0 aromatic heterocycles. The third kappa shape index (κ3) is 4.89. The molecule has 0 bridgehead atoms. The van der Waals surface area contributed by atoms with Gasteiger partial charge in [-0.05, 0) is 49.6 Å². The van der Waals surface area contributed by atoms with Crippen LogP contribution in [0.4, 0.5) is 0 Å². The molecule has 0 radical (unpaired) electrons. The lowest BCUT2D eigenvalue weighted by Crippen LogP contribution is -2.39. The van der Waals surface area contributed by atoms with Gasteiger partial charge in [0.05, 0.1) is 4.90 Å². The minimum atomic E-state index is -4.02. The van der Waals surface area contributed by atoms with Crippen molar-refractivity contribution in [2.45, 2.75) is 31.6 Å². The average Bonchev–Trinajstić information content (AvgIpc) is 2.41. The summed E-state index contributed by atoms with van der Waals surface area (Å²) >= 11 is 0. The van der Waals surface area contributed by atoms with Gasteiger partial charge in [0.2, 0.25) is 0 Å². The Morgan fingerprint density at radius 2 is 1.57 bits per heavy atom. The molecule has 4 nitrogen and oxygen atoms in total. The second-order valence-electron chi connectivity index (χ2n) is 5.99. The summed E-state index contributed by atoms with van der Waals surface area (Å²) in [7, 11) is -4.02. The lowest BCUT2D eigenvalue weighted by Gasteiger charge is -2.27. The third-order valence-corrected chi connectivity index (χ3v) is 4.97. The van der Waals surface area contributed by atoms with E-state index in [-0.39, 0.29) is 4.90 Å². The van der Waals surface area contributed by atoms with E-state index in [0.717, 1.165) is 24.6 Å². The van der Waals surface area contributed by atoms with Crippen molar-refractivity contribution in [1.29, 1.82) is 0 Å². The van der Waals surface area contributed by atoms with Crippen LogP contribution >= 0.6 is 0 Å². The molecule has 0 atom stereocenters. The van der Waals surface area contributed by atoms with Gasteiger partial charge in [0.1, 0.15) is 0 Å². The summed E-state index contributed by atoms with van der Waals surface area (Å²) in [5, 5.41) is 3.29. The molecular formula is C18H23NO3S. The van der Waals surface area contributed by atoms with Crippen LogP contribution in [0.1, 0.15) is 28.2 Å². The Morgan fingerprint density at radius 3 is 2.00 bits per heavy atom. The molecule has 5 heteroatoms. The maximum absolute atomic E-state index is 10.5. The van der Waals surface area contributed by atoms with Gasteiger partial charge in [0, 0.05) is 19.0 Å². The van der Waals surface area contributed by atoms with Crippen LogP contribution in [0.5, 0.6) is 0 Å². The fourth-order valence-electron chi connectivity index (χ4n) is 2.25. The molecule has 0 spiro atoms. The maximum Gasteiger partial charge on any atom is 0.294 e. The van der Waals surface area contributed by atoms with E-state index in [1.807, 2.05) is 6.92 Å². The summed E-state index contributed by atoms with van der Waals surface area (Å²) in [5.41, 5.74) is 5.26. The molecule has 2 N–H and O–H groups in total. The molecule has 2 aromatic carbocycles. The fraction of sp³-hybridized carbons (Fsp3) is 0.333. The Kier molecular flexibility index (Phi) is 5.57. The van der Waals surface area contributed by atoms with E-state index >= 15 is 0 Å². The molecule has 124 valence electrons. The Labute approximate surface area is 138 Å². The van der Waals surface area contributed by atoms with Gasteiger partial charge in [-0.15, -0.1) is 0 Å². The van der Waals surface area contributed by atoms with Crippen LogP contribution < -0.4 is 5.32 Å². The highest BCUT2D eigenvalue weighted by atomic mass is 32.2. The molecule has 0 unspecified atom stereocenters. The van der Waals surface area contributed by atoms with Crippen molar-refractivity contribution in [2.24, 2.45) is 0 Å². The lowest BCUT2D eigenvalue weighted by molar-refractivity contribution is 0.448. The Hall–Kier alpha value is -1.69. The predicted octanol–water partition coefficient (Wildman–Crippen LogP) is 3.23. The van der Waals surface area contributed by atoms with Gasteiger partial charge in [-0.25, -0.2) is 0 Å². The molecule has 0 saturated carbocycles. The van der Waals surface area contributed by atoms with E-state index in [9.17, 15) is 8.42 Å². The first-order valence-corrected chi connectivity index (χ1v) is 9.03. The topological polar surface area (TPSA) is 66.4 Å². The largest absolute Gasteiger partial charge is 0.315 e. The SMILES string of the molecule is Cc1ccc(C2CNC2)cc1C.Cc1ccc(S(=O)(=O)O)cc1. The van der Waals surface area contributed by atoms with E-state index < -0.39 is 10.1 Å². The second kappa shape index (κ2) is 7.25. The van der Waals surface area contributed by atoms with E-state index in [4.69, 9.17) is 4.55 Å². The number of rotatable bonds is 2. The summed E-state index contributed by atoms with van der Waals surface area (Å²) in [6, 6.07) is 12.8. The molecule has 0 amide bonds. The molecule has 23 heavy (non-hydrogen) atoms. The maximum atomic E-state index is 10.5. The summed E-state index contributed by atoms with van der Waals surface area (Å²) < 4.78 is 29.6. The van der Waals surface area contributed by atoms with E-state index in [2.05, 4.69) is 37.4 Å². The lowest BCUT2D eigenvalue weighted by atomic mass is 9.91. The first-order chi connectivity index (χ1) is 10.8. The monoisotopic (exact) mass is 333 g/mol. The number of nitrogens with one attached hydrogen (secondary N) is 1. The highest BCUT2D eigenvalue weighted by molar-refractivity contribution is 7.85. The number of hydrogen-bond acceptors (Lipinski definition) is 3. The fourth-order valence-corrected chi connectivity index (χ4v) is 2.73. The molecular weight excluding hydrogens is 310 g/mol. The quantitative estimate of drug-likeness (QED) is 0.828. The molecule has 1 fully saturated rings. The van der Waals surface area contributed by atoms with Crippen LogP contribution in [0, 0.1) is 20.8 Å². The van der Waals surface area contributed by atoms with Gasteiger partial charge >= 0.3 is 0 Å². The minimum absolute atomic E-state index is 0.0666. The minimum Gasteiger partial charge on any atom is -0.315 e. The molecule has 1 heterocycles. The zero-order valence-corrected chi connectivity index (χ0v) is 14.5. The van der Waals surface area contributed by atoms with Gasteiger partial charge in [-0.1, -0.05) is 35.9 Å². The molecule has 2 aromatic rings. The molecule has 3 rings (SSSR count). The van der Waals surface area contributed by atoms with Crippen molar-refractivity contribution in [3.63, 3.8) is 0 Å². The number of benzene rings is 2. The van der Waals surface area contributed by atoms with Crippen molar-refractivity contribution >= 4 is 10.1 Å². The van der Waals surface area contributed by atoms with Crippen LogP contribution in [0.15, 0.2) is 47.4 Å². The van der Waals surface area contributed by atoms with Crippen LogP contribution in [0.25, 0.3) is 0 Å². The van der Waals surface area contributed by atoms with Crippen molar-refractivity contribution < 1.29 is 13.0 Å². The van der Waals surface area contributed by atoms with Crippen LogP contribution in [0.2, 0.25) is 0 Å². The zero-order valence-electron chi connectivity index (χ0n) is 13.7. The van der Waals surface area contributed by atoms with Crippen molar-refractivity contribution in [3.05, 3.63) is 64.7 Å². The van der Waals surface area contributed by atoms with E-state index in [1.54, 1.807) is 12.1 Å². The van der Waals surface area contributed by atoms with Gasteiger partial charge in [0.25, 0.3) is 10.1 Å². The Balaban J connectivity index is 0.000000168. The van der Waals surface area contributed by atoms with Gasteiger partial charge in [-0.2, -0.15) is 8.42 Å². The average molecular weight is 333 g/mol. The first-order valence-electron chi connectivity index (χ1n) is 7.59. The third-order valence-electron chi connectivity index (χ3n) is 4.10.